The minimum atomic E-state index is -0.748. The van der Waals surface area contributed by atoms with Crippen molar-refractivity contribution in [1.29, 1.82) is 0 Å². The Bertz CT molecular complexity index is 1020. The summed E-state index contributed by atoms with van der Waals surface area (Å²) in [6, 6.07) is 11.8. The molecular formula is C21H22N4O2S. The first-order valence-corrected chi connectivity index (χ1v) is 9.92. The van der Waals surface area contributed by atoms with E-state index in [4.69, 9.17) is 4.74 Å². The van der Waals surface area contributed by atoms with E-state index >= 15 is 0 Å². The molecule has 1 N–H and O–H groups in total. The first-order valence-electron chi connectivity index (χ1n) is 9.04. The van der Waals surface area contributed by atoms with Gasteiger partial charge >= 0.3 is 0 Å². The van der Waals surface area contributed by atoms with Crippen LogP contribution in [0.15, 0.2) is 48.0 Å². The van der Waals surface area contributed by atoms with Gasteiger partial charge in [-0.1, -0.05) is 32.0 Å². The number of aromatic nitrogens is 2. The molecule has 6 nitrogen and oxygen atoms in total. The van der Waals surface area contributed by atoms with Gasteiger partial charge in [-0.05, 0) is 18.2 Å². The maximum atomic E-state index is 13.2. The molecule has 0 radical (unpaired) electrons. The Balaban J connectivity index is 1.80. The number of amides is 1. The third kappa shape index (κ3) is 3.11. The zero-order chi connectivity index (χ0) is 19.9. The van der Waals surface area contributed by atoms with Crippen molar-refractivity contribution in [3.8, 4) is 11.6 Å². The standard InChI is InChI=1S/C21H22N4O2S/c1-21(2,19(26)24-20-22-11-12-28-20)17-13-7-5-6-8-15(13)27-18-14(17)9-10-16(23-18)25(3)4/h5-12,17H,1-4H3,(H,22,24,26). The number of fused-ring (bicyclic) bond motifs is 2. The molecule has 0 fully saturated rings. The van der Waals surface area contributed by atoms with E-state index in [2.05, 4.69) is 15.3 Å². The topological polar surface area (TPSA) is 67.4 Å². The van der Waals surface area contributed by atoms with Crippen LogP contribution in [0.2, 0.25) is 0 Å². The van der Waals surface area contributed by atoms with E-state index in [9.17, 15) is 4.79 Å². The number of rotatable bonds is 4. The number of carbonyl (C=O) groups is 1. The fraction of sp³-hybridized carbons (Fsp3) is 0.286. The van der Waals surface area contributed by atoms with Crippen molar-refractivity contribution in [3.63, 3.8) is 0 Å². The summed E-state index contributed by atoms with van der Waals surface area (Å²) < 4.78 is 6.10. The Morgan fingerprint density at radius 2 is 1.96 bits per heavy atom. The number of pyridine rings is 1. The molecule has 0 bridgehead atoms. The van der Waals surface area contributed by atoms with Crippen molar-refractivity contribution in [2.75, 3.05) is 24.3 Å². The normalized spacial score (nSPS) is 15.2. The van der Waals surface area contributed by atoms with Gasteiger partial charge in [-0.25, -0.2) is 4.98 Å². The predicted molar refractivity (Wildman–Crippen MR) is 111 cm³/mol. The largest absolute Gasteiger partial charge is 0.438 e. The number of benzene rings is 1. The maximum Gasteiger partial charge on any atom is 0.232 e. The molecule has 2 aromatic heterocycles. The monoisotopic (exact) mass is 394 g/mol. The van der Waals surface area contributed by atoms with Crippen LogP contribution in [-0.2, 0) is 4.79 Å². The maximum absolute atomic E-state index is 13.2. The Hall–Kier alpha value is -2.93. The number of hydrogen-bond donors (Lipinski definition) is 1. The number of anilines is 2. The lowest BCUT2D eigenvalue weighted by atomic mass is 9.70. The average Bonchev–Trinajstić information content (AvgIpc) is 3.18. The van der Waals surface area contributed by atoms with Crippen LogP contribution in [0.25, 0.3) is 0 Å². The third-order valence-corrected chi connectivity index (χ3v) is 5.73. The van der Waals surface area contributed by atoms with Gasteiger partial charge in [0.05, 0.1) is 5.41 Å². The van der Waals surface area contributed by atoms with Gasteiger partial charge in [0.15, 0.2) is 5.13 Å². The molecule has 3 aromatic rings. The summed E-state index contributed by atoms with van der Waals surface area (Å²) in [6.45, 7) is 3.90. The van der Waals surface area contributed by atoms with Crippen LogP contribution in [-0.4, -0.2) is 30.0 Å². The summed E-state index contributed by atoms with van der Waals surface area (Å²) in [7, 11) is 3.88. The molecule has 1 amide bonds. The fourth-order valence-corrected chi connectivity index (χ4v) is 4.05. The quantitative estimate of drug-likeness (QED) is 0.705. The molecule has 0 spiro atoms. The zero-order valence-corrected chi connectivity index (χ0v) is 17.1. The van der Waals surface area contributed by atoms with Gasteiger partial charge < -0.3 is 15.0 Å². The van der Waals surface area contributed by atoms with Gasteiger partial charge in [0, 0.05) is 42.7 Å². The van der Waals surface area contributed by atoms with Crippen molar-refractivity contribution < 1.29 is 9.53 Å². The second-order valence-electron chi connectivity index (χ2n) is 7.54. The Kier molecular flexibility index (Phi) is 4.55. The van der Waals surface area contributed by atoms with Crippen LogP contribution in [0.1, 0.15) is 30.9 Å². The molecule has 144 valence electrons. The van der Waals surface area contributed by atoms with Gasteiger partial charge in [0.1, 0.15) is 11.6 Å². The minimum absolute atomic E-state index is 0.0909. The molecule has 0 saturated heterocycles. The summed E-state index contributed by atoms with van der Waals surface area (Å²) in [5, 5.41) is 5.39. The third-order valence-electron chi connectivity index (χ3n) is 5.04. The van der Waals surface area contributed by atoms with E-state index < -0.39 is 5.41 Å². The van der Waals surface area contributed by atoms with Crippen molar-refractivity contribution in [3.05, 3.63) is 59.1 Å². The van der Waals surface area contributed by atoms with Crippen LogP contribution in [0, 0.1) is 5.41 Å². The summed E-state index contributed by atoms with van der Waals surface area (Å²) in [6.07, 6.45) is 1.68. The highest BCUT2D eigenvalue weighted by molar-refractivity contribution is 7.13. The van der Waals surface area contributed by atoms with Crippen LogP contribution in [0.5, 0.6) is 11.6 Å². The van der Waals surface area contributed by atoms with Crippen LogP contribution in [0.3, 0.4) is 0 Å². The Morgan fingerprint density at radius 1 is 1.18 bits per heavy atom. The summed E-state index contributed by atoms with van der Waals surface area (Å²) in [5.74, 6) is 1.80. The van der Waals surface area contributed by atoms with Crippen molar-refractivity contribution in [2.24, 2.45) is 5.41 Å². The first-order chi connectivity index (χ1) is 13.4. The fourth-order valence-electron chi connectivity index (χ4n) is 3.53. The van der Waals surface area contributed by atoms with Gasteiger partial charge in [-0.3, -0.25) is 4.79 Å². The molecule has 4 rings (SSSR count). The molecular weight excluding hydrogens is 372 g/mol. The summed E-state index contributed by atoms with van der Waals surface area (Å²) in [5.41, 5.74) is 1.14. The van der Waals surface area contributed by atoms with Crippen molar-refractivity contribution >= 4 is 28.2 Å². The van der Waals surface area contributed by atoms with Gasteiger partial charge in [-0.15, -0.1) is 11.3 Å². The van der Waals surface area contributed by atoms with E-state index in [-0.39, 0.29) is 11.8 Å². The molecule has 1 atom stereocenters. The lowest BCUT2D eigenvalue weighted by Gasteiger charge is -2.37. The number of para-hydroxylation sites is 1. The van der Waals surface area contributed by atoms with Gasteiger partial charge in [0.2, 0.25) is 11.8 Å². The second-order valence-corrected chi connectivity index (χ2v) is 8.44. The van der Waals surface area contributed by atoms with Crippen LogP contribution >= 0.6 is 11.3 Å². The molecule has 28 heavy (non-hydrogen) atoms. The smallest absolute Gasteiger partial charge is 0.232 e. The number of nitrogens with zero attached hydrogens (tertiary/aromatic N) is 3. The summed E-state index contributed by atoms with van der Waals surface area (Å²) in [4.78, 5) is 24.0. The highest BCUT2D eigenvalue weighted by Gasteiger charge is 2.44. The molecule has 0 saturated carbocycles. The van der Waals surface area contributed by atoms with Crippen molar-refractivity contribution in [2.45, 2.75) is 19.8 Å². The molecule has 3 heterocycles. The molecule has 1 aliphatic rings. The lowest BCUT2D eigenvalue weighted by Crippen LogP contribution is -2.38. The SMILES string of the molecule is CN(C)c1ccc2c(n1)Oc1ccccc1C2C(C)(C)C(=O)Nc1nccs1. The van der Waals surface area contributed by atoms with E-state index in [1.807, 2.05) is 74.6 Å². The van der Waals surface area contributed by atoms with Gasteiger partial charge in [-0.2, -0.15) is 4.98 Å². The van der Waals surface area contributed by atoms with E-state index in [0.29, 0.717) is 11.0 Å². The average molecular weight is 395 g/mol. The number of hydrogen-bond acceptors (Lipinski definition) is 6. The summed E-state index contributed by atoms with van der Waals surface area (Å²) >= 11 is 1.40. The van der Waals surface area contributed by atoms with E-state index in [1.165, 1.54) is 11.3 Å². The van der Waals surface area contributed by atoms with Gasteiger partial charge in [0.25, 0.3) is 0 Å². The lowest BCUT2D eigenvalue weighted by molar-refractivity contribution is -0.124. The first kappa shape index (κ1) is 18.4. The molecule has 1 aromatic carbocycles. The Morgan fingerprint density at radius 3 is 2.68 bits per heavy atom. The number of nitrogens with one attached hydrogen (secondary N) is 1. The molecule has 0 aliphatic carbocycles. The number of ether oxygens (including phenoxy) is 1. The highest BCUT2D eigenvalue weighted by atomic mass is 32.1. The van der Waals surface area contributed by atoms with E-state index in [1.54, 1.807) is 6.20 Å². The van der Waals surface area contributed by atoms with Crippen LogP contribution in [0.4, 0.5) is 10.9 Å². The predicted octanol–water partition coefficient (Wildman–Crippen LogP) is 4.51. The number of carbonyl (C=O) groups excluding carboxylic acids is 1. The molecule has 7 heteroatoms. The van der Waals surface area contributed by atoms with E-state index in [0.717, 1.165) is 22.7 Å². The molecule has 1 unspecified atom stereocenters. The Labute approximate surface area is 168 Å². The minimum Gasteiger partial charge on any atom is -0.438 e. The van der Waals surface area contributed by atoms with Crippen LogP contribution < -0.4 is 15.0 Å². The number of thiazole rings is 1. The highest BCUT2D eigenvalue weighted by Crippen LogP contribution is 2.51. The second kappa shape index (κ2) is 6.91. The van der Waals surface area contributed by atoms with Crippen molar-refractivity contribution in [1.82, 2.24) is 9.97 Å². The molecule has 1 aliphatic heterocycles. The zero-order valence-electron chi connectivity index (χ0n) is 16.3.